The molecular weight excluding hydrogens is 156 g/mol. The van der Waals surface area contributed by atoms with Crippen LogP contribution in [0.1, 0.15) is 47.6 Å². The largest absolute Gasteiger partial charge is 0.0587 e. The maximum atomic E-state index is 2.29. The van der Waals surface area contributed by atoms with Crippen molar-refractivity contribution < 1.29 is 0 Å². The highest BCUT2D eigenvalue weighted by Crippen LogP contribution is 2.27. The topological polar surface area (TPSA) is 0 Å². The summed E-state index contributed by atoms with van der Waals surface area (Å²) in [6.45, 7) is 13.4. The summed E-state index contributed by atoms with van der Waals surface area (Å²) in [7, 11) is 0. The predicted molar refractivity (Wildman–Crippen MR) is 59.5 cm³/mol. The first kappa shape index (κ1) is 10.3. The van der Waals surface area contributed by atoms with Crippen LogP contribution < -0.4 is 0 Å². The van der Waals surface area contributed by atoms with Gasteiger partial charge >= 0.3 is 0 Å². The maximum Gasteiger partial charge on any atom is -0.0213 e. The third-order valence-electron chi connectivity index (χ3n) is 3.00. The van der Waals surface area contributed by atoms with Gasteiger partial charge in [0.1, 0.15) is 0 Å². The van der Waals surface area contributed by atoms with Crippen LogP contribution in [0.2, 0.25) is 0 Å². The van der Waals surface area contributed by atoms with E-state index >= 15 is 0 Å². The number of aryl methyl sites for hydroxylation is 2. The molecule has 0 unspecified atom stereocenters. The number of benzene rings is 1. The summed E-state index contributed by atoms with van der Waals surface area (Å²) in [5.41, 5.74) is 7.33. The number of rotatable bonds is 1. The zero-order valence-corrected chi connectivity index (χ0v) is 9.65. The van der Waals surface area contributed by atoms with E-state index in [-0.39, 0.29) is 0 Å². The zero-order valence-electron chi connectivity index (χ0n) is 9.65. The van der Waals surface area contributed by atoms with Crippen molar-refractivity contribution in [2.75, 3.05) is 0 Å². The SMILES string of the molecule is Cc1cc(C)c(C)c(C(C)C)c1C. The Morgan fingerprint density at radius 2 is 1.23 bits per heavy atom. The Morgan fingerprint density at radius 1 is 0.846 bits per heavy atom. The van der Waals surface area contributed by atoms with Crippen molar-refractivity contribution in [3.63, 3.8) is 0 Å². The number of hydrogen-bond acceptors (Lipinski definition) is 0. The molecule has 0 saturated carbocycles. The highest BCUT2D eigenvalue weighted by atomic mass is 14.2. The lowest BCUT2D eigenvalue weighted by molar-refractivity contribution is 0.840. The van der Waals surface area contributed by atoms with Crippen molar-refractivity contribution in [2.24, 2.45) is 0 Å². The molecule has 72 valence electrons. The third kappa shape index (κ3) is 1.77. The Bertz CT molecular complexity index is 293. The minimum atomic E-state index is 0.638. The Morgan fingerprint density at radius 3 is 1.54 bits per heavy atom. The molecule has 0 spiro atoms. The lowest BCUT2D eigenvalue weighted by Crippen LogP contribution is -2.00. The van der Waals surface area contributed by atoms with Gasteiger partial charge in [-0.25, -0.2) is 0 Å². The van der Waals surface area contributed by atoms with Crippen LogP contribution in [-0.2, 0) is 0 Å². The molecule has 1 aromatic rings. The van der Waals surface area contributed by atoms with Gasteiger partial charge in [-0.3, -0.25) is 0 Å². The summed E-state index contributed by atoms with van der Waals surface area (Å²) in [4.78, 5) is 0. The molecule has 0 atom stereocenters. The highest BCUT2D eigenvalue weighted by molar-refractivity contribution is 5.45. The average molecular weight is 176 g/mol. The smallest absolute Gasteiger partial charge is 0.0213 e. The van der Waals surface area contributed by atoms with E-state index in [0.717, 1.165) is 0 Å². The van der Waals surface area contributed by atoms with Gasteiger partial charge in [0.2, 0.25) is 0 Å². The van der Waals surface area contributed by atoms with E-state index in [1.165, 1.54) is 27.8 Å². The molecule has 0 heteroatoms. The van der Waals surface area contributed by atoms with Crippen molar-refractivity contribution in [1.29, 1.82) is 0 Å². The molecule has 1 rings (SSSR count). The lowest BCUT2D eigenvalue weighted by atomic mass is 9.88. The van der Waals surface area contributed by atoms with Gasteiger partial charge in [0, 0.05) is 0 Å². The Kier molecular flexibility index (Phi) is 2.80. The first-order valence-electron chi connectivity index (χ1n) is 5.02. The summed E-state index contributed by atoms with van der Waals surface area (Å²) in [5, 5.41) is 0. The molecule has 0 heterocycles. The van der Waals surface area contributed by atoms with Gasteiger partial charge in [-0.1, -0.05) is 19.9 Å². The molecule has 13 heavy (non-hydrogen) atoms. The van der Waals surface area contributed by atoms with Crippen LogP contribution in [0, 0.1) is 27.7 Å². The van der Waals surface area contributed by atoms with Gasteiger partial charge in [-0.05, 0) is 61.4 Å². The van der Waals surface area contributed by atoms with Gasteiger partial charge in [0.05, 0.1) is 0 Å². The molecule has 0 aliphatic carbocycles. The van der Waals surface area contributed by atoms with Gasteiger partial charge in [0.25, 0.3) is 0 Å². The molecule has 0 N–H and O–H groups in total. The minimum Gasteiger partial charge on any atom is -0.0587 e. The molecule has 0 amide bonds. The summed E-state index contributed by atoms with van der Waals surface area (Å²) >= 11 is 0. The summed E-state index contributed by atoms with van der Waals surface area (Å²) in [6.07, 6.45) is 0. The molecular formula is C13H20. The fraction of sp³-hybridized carbons (Fsp3) is 0.538. The van der Waals surface area contributed by atoms with E-state index in [1.54, 1.807) is 0 Å². The van der Waals surface area contributed by atoms with Crippen molar-refractivity contribution in [2.45, 2.75) is 47.5 Å². The summed E-state index contributed by atoms with van der Waals surface area (Å²) in [6, 6.07) is 2.29. The molecule has 0 aliphatic rings. The lowest BCUT2D eigenvalue weighted by Gasteiger charge is -2.17. The van der Waals surface area contributed by atoms with Crippen LogP contribution in [-0.4, -0.2) is 0 Å². The fourth-order valence-electron chi connectivity index (χ4n) is 2.11. The molecule has 0 fully saturated rings. The van der Waals surface area contributed by atoms with Crippen molar-refractivity contribution in [1.82, 2.24) is 0 Å². The average Bonchev–Trinajstić information content (AvgIpc) is 2.01. The molecule has 0 saturated heterocycles. The predicted octanol–water partition coefficient (Wildman–Crippen LogP) is 4.04. The quantitative estimate of drug-likeness (QED) is 0.605. The van der Waals surface area contributed by atoms with E-state index in [1.807, 2.05) is 0 Å². The van der Waals surface area contributed by atoms with Crippen molar-refractivity contribution >= 4 is 0 Å². The fourth-order valence-corrected chi connectivity index (χ4v) is 2.11. The second-order valence-electron chi connectivity index (χ2n) is 4.33. The van der Waals surface area contributed by atoms with E-state index in [9.17, 15) is 0 Å². The Balaban J connectivity index is 3.46. The third-order valence-corrected chi connectivity index (χ3v) is 3.00. The van der Waals surface area contributed by atoms with E-state index < -0.39 is 0 Å². The second kappa shape index (κ2) is 3.53. The van der Waals surface area contributed by atoms with Crippen molar-refractivity contribution in [3.05, 3.63) is 33.9 Å². The molecule has 0 nitrogen and oxygen atoms in total. The van der Waals surface area contributed by atoms with E-state index in [0.29, 0.717) is 5.92 Å². The van der Waals surface area contributed by atoms with Crippen LogP contribution in [0.4, 0.5) is 0 Å². The van der Waals surface area contributed by atoms with Gasteiger partial charge < -0.3 is 0 Å². The maximum absolute atomic E-state index is 2.29. The van der Waals surface area contributed by atoms with Gasteiger partial charge in [-0.15, -0.1) is 0 Å². The van der Waals surface area contributed by atoms with E-state index in [2.05, 4.69) is 47.6 Å². The van der Waals surface area contributed by atoms with Crippen LogP contribution in [0.3, 0.4) is 0 Å². The van der Waals surface area contributed by atoms with Gasteiger partial charge in [-0.2, -0.15) is 0 Å². The van der Waals surface area contributed by atoms with Crippen LogP contribution in [0.5, 0.6) is 0 Å². The minimum absolute atomic E-state index is 0.638. The zero-order chi connectivity index (χ0) is 10.2. The Hall–Kier alpha value is -0.780. The summed E-state index contributed by atoms with van der Waals surface area (Å²) < 4.78 is 0. The highest BCUT2D eigenvalue weighted by Gasteiger charge is 2.10. The first-order valence-corrected chi connectivity index (χ1v) is 5.02. The molecule has 0 aliphatic heterocycles. The molecule has 1 aromatic carbocycles. The molecule has 0 aromatic heterocycles. The second-order valence-corrected chi connectivity index (χ2v) is 4.33. The molecule has 0 bridgehead atoms. The monoisotopic (exact) mass is 176 g/mol. The van der Waals surface area contributed by atoms with Crippen LogP contribution >= 0.6 is 0 Å². The van der Waals surface area contributed by atoms with Crippen LogP contribution in [0.15, 0.2) is 6.07 Å². The number of hydrogen-bond donors (Lipinski definition) is 0. The first-order chi connectivity index (χ1) is 5.95. The van der Waals surface area contributed by atoms with Gasteiger partial charge in [0.15, 0.2) is 0 Å². The Labute approximate surface area is 82.0 Å². The summed E-state index contributed by atoms with van der Waals surface area (Å²) in [5.74, 6) is 0.638. The van der Waals surface area contributed by atoms with Crippen molar-refractivity contribution in [3.8, 4) is 0 Å². The molecule has 0 radical (unpaired) electrons. The normalized spacial score (nSPS) is 11.0. The van der Waals surface area contributed by atoms with Crippen LogP contribution in [0.25, 0.3) is 0 Å². The standard InChI is InChI=1S/C13H20/c1-8(2)13-11(5)9(3)7-10(4)12(13)6/h7-8H,1-6H3. The van der Waals surface area contributed by atoms with E-state index in [4.69, 9.17) is 0 Å².